The summed E-state index contributed by atoms with van der Waals surface area (Å²) in [5.74, 6) is 0.0838. The molecule has 1 rings (SSSR count). The molecule has 0 heterocycles. The molecule has 5 heteroatoms. The van der Waals surface area contributed by atoms with Crippen molar-refractivity contribution in [1.29, 1.82) is 0 Å². The Hall–Kier alpha value is -0.910. The van der Waals surface area contributed by atoms with Gasteiger partial charge in [0.2, 0.25) is 10.0 Å². The summed E-state index contributed by atoms with van der Waals surface area (Å²) in [5, 5.41) is 0. The van der Waals surface area contributed by atoms with E-state index in [4.69, 9.17) is 5.73 Å². The Bertz CT molecular complexity index is 441. The molecule has 0 aliphatic heterocycles. The Morgan fingerprint density at radius 3 is 2.35 bits per heavy atom. The molecule has 3 N–H and O–H groups in total. The Kier molecular flexibility index (Phi) is 4.68. The lowest BCUT2D eigenvalue weighted by Gasteiger charge is -2.23. The average Bonchev–Trinajstić information content (AvgIpc) is 2.27. The minimum atomic E-state index is -3.28. The molecule has 1 aromatic carbocycles. The van der Waals surface area contributed by atoms with Gasteiger partial charge in [0, 0.05) is 12.1 Å². The molecule has 0 aromatic heterocycles. The van der Waals surface area contributed by atoms with Crippen LogP contribution in [0, 0.1) is 0 Å². The van der Waals surface area contributed by atoms with Crippen LogP contribution in [-0.2, 0) is 16.4 Å². The number of rotatable bonds is 6. The third kappa shape index (κ3) is 5.30. The van der Waals surface area contributed by atoms with Crippen LogP contribution in [0.4, 0.5) is 0 Å². The lowest BCUT2D eigenvalue weighted by Crippen LogP contribution is -2.49. The summed E-state index contributed by atoms with van der Waals surface area (Å²) in [5.41, 5.74) is 5.92. The van der Waals surface area contributed by atoms with Crippen molar-refractivity contribution in [2.45, 2.75) is 25.8 Å². The van der Waals surface area contributed by atoms with E-state index in [1.165, 1.54) is 0 Å². The van der Waals surface area contributed by atoms with Gasteiger partial charge in [0.25, 0.3) is 0 Å². The molecule has 0 aliphatic carbocycles. The normalized spacial score (nSPS) is 12.6. The molecule has 0 saturated heterocycles. The number of hydrogen-bond donors (Lipinski definition) is 2. The van der Waals surface area contributed by atoms with E-state index in [1.54, 1.807) is 13.8 Å². The van der Waals surface area contributed by atoms with Crippen LogP contribution in [0.2, 0.25) is 0 Å². The van der Waals surface area contributed by atoms with Crippen LogP contribution in [0.1, 0.15) is 19.4 Å². The molecule has 0 unspecified atom stereocenters. The summed E-state index contributed by atoms with van der Waals surface area (Å²) in [6, 6.07) is 9.55. The molecule has 0 radical (unpaired) electrons. The molecule has 0 aliphatic rings. The quantitative estimate of drug-likeness (QED) is 0.794. The van der Waals surface area contributed by atoms with Crippen molar-refractivity contribution >= 4 is 10.0 Å². The van der Waals surface area contributed by atoms with E-state index >= 15 is 0 Å². The van der Waals surface area contributed by atoms with Gasteiger partial charge in [-0.05, 0) is 25.8 Å². The van der Waals surface area contributed by atoms with Crippen molar-refractivity contribution in [3.05, 3.63) is 35.9 Å². The summed E-state index contributed by atoms with van der Waals surface area (Å²) in [6.45, 7) is 3.82. The Balaban J connectivity index is 2.57. The third-order valence-corrected chi connectivity index (χ3v) is 4.05. The molecule has 0 spiro atoms. The topological polar surface area (TPSA) is 72.2 Å². The minimum absolute atomic E-state index is 0.0838. The third-order valence-electron chi connectivity index (χ3n) is 2.44. The highest BCUT2D eigenvalue weighted by Crippen LogP contribution is 2.05. The van der Waals surface area contributed by atoms with Crippen LogP contribution in [0.3, 0.4) is 0 Å². The standard InChI is InChI=1S/C12H20N2O2S/c1-12(2,10-13)14-17(15,16)9-8-11-6-4-3-5-7-11/h3-7,14H,8-10,13H2,1-2H3. The molecule has 17 heavy (non-hydrogen) atoms. The summed E-state index contributed by atoms with van der Waals surface area (Å²) in [6.07, 6.45) is 0.511. The van der Waals surface area contributed by atoms with E-state index in [0.717, 1.165) is 5.56 Å². The second-order valence-corrected chi connectivity index (χ2v) is 6.59. The molecule has 1 aromatic rings. The van der Waals surface area contributed by atoms with Gasteiger partial charge in [-0.15, -0.1) is 0 Å². The maximum Gasteiger partial charge on any atom is 0.212 e. The largest absolute Gasteiger partial charge is 0.329 e. The van der Waals surface area contributed by atoms with Crippen molar-refractivity contribution in [2.75, 3.05) is 12.3 Å². The van der Waals surface area contributed by atoms with Crippen LogP contribution in [-0.4, -0.2) is 26.3 Å². The van der Waals surface area contributed by atoms with Gasteiger partial charge in [-0.25, -0.2) is 13.1 Å². The first-order valence-corrected chi connectivity index (χ1v) is 7.25. The molecule has 0 bridgehead atoms. The lowest BCUT2D eigenvalue weighted by atomic mass is 10.1. The summed E-state index contributed by atoms with van der Waals surface area (Å²) in [7, 11) is -3.28. The van der Waals surface area contributed by atoms with E-state index < -0.39 is 15.6 Å². The number of sulfonamides is 1. The van der Waals surface area contributed by atoms with Crippen LogP contribution in [0.15, 0.2) is 30.3 Å². The van der Waals surface area contributed by atoms with Gasteiger partial charge in [0.15, 0.2) is 0 Å². The van der Waals surface area contributed by atoms with E-state index in [2.05, 4.69) is 4.72 Å². The summed E-state index contributed by atoms with van der Waals surface area (Å²) < 4.78 is 26.2. The SMILES string of the molecule is CC(C)(CN)NS(=O)(=O)CCc1ccccc1. The van der Waals surface area contributed by atoms with Gasteiger partial charge in [0.1, 0.15) is 0 Å². The van der Waals surface area contributed by atoms with Crippen LogP contribution in [0.5, 0.6) is 0 Å². The highest BCUT2D eigenvalue weighted by atomic mass is 32.2. The maximum atomic E-state index is 11.8. The van der Waals surface area contributed by atoms with Crippen molar-refractivity contribution in [1.82, 2.24) is 4.72 Å². The predicted octanol–water partition coefficient (Wildman–Crippen LogP) is 0.886. The monoisotopic (exact) mass is 256 g/mol. The molecule has 0 amide bonds. The van der Waals surface area contributed by atoms with Gasteiger partial charge in [0.05, 0.1) is 5.75 Å². The fourth-order valence-electron chi connectivity index (χ4n) is 1.41. The second-order valence-electron chi connectivity index (χ2n) is 4.74. The van der Waals surface area contributed by atoms with Crippen molar-refractivity contribution < 1.29 is 8.42 Å². The van der Waals surface area contributed by atoms with Gasteiger partial charge >= 0.3 is 0 Å². The molecule has 0 saturated carbocycles. The Labute approximate surface area is 103 Å². The highest BCUT2D eigenvalue weighted by molar-refractivity contribution is 7.89. The van der Waals surface area contributed by atoms with Gasteiger partial charge in [-0.1, -0.05) is 30.3 Å². The average molecular weight is 256 g/mol. The fourth-order valence-corrected chi connectivity index (χ4v) is 2.94. The number of nitrogens with two attached hydrogens (primary N) is 1. The molecule has 0 atom stereocenters. The zero-order valence-electron chi connectivity index (χ0n) is 10.3. The molecule has 96 valence electrons. The number of aryl methyl sites for hydroxylation is 1. The zero-order chi connectivity index (χ0) is 12.9. The highest BCUT2D eigenvalue weighted by Gasteiger charge is 2.22. The van der Waals surface area contributed by atoms with Gasteiger partial charge < -0.3 is 5.73 Å². The number of nitrogens with one attached hydrogen (secondary N) is 1. The van der Waals surface area contributed by atoms with Crippen LogP contribution < -0.4 is 10.5 Å². The number of hydrogen-bond acceptors (Lipinski definition) is 3. The zero-order valence-corrected chi connectivity index (χ0v) is 11.1. The molecular formula is C12H20N2O2S. The smallest absolute Gasteiger partial charge is 0.212 e. The van der Waals surface area contributed by atoms with E-state index in [0.29, 0.717) is 6.42 Å². The van der Waals surface area contributed by atoms with E-state index in [9.17, 15) is 8.42 Å². The van der Waals surface area contributed by atoms with Crippen LogP contribution >= 0.6 is 0 Å². The Morgan fingerprint density at radius 1 is 1.24 bits per heavy atom. The predicted molar refractivity (Wildman–Crippen MR) is 70.2 cm³/mol. The van der Waals surface area contributed by atoms with Crippen molar-refractivity contribution in [2.24, 2.45) is 5.73 Å². The first kappa shape index (κ1) is 14.2. The molecule has 4 nitrogen and oxygen atoms in total. The first-order chi connectivity index (χ1) is 7.85. The lowest BCUT2D eigenvalue weighted by molar-refractivity contribution is 0.462. The summed E-state index contributed by atoms with van der Waals surface area (Å²) >= 11 is 0. The molecular weight excluding hydrogens is 236 g/mol. The fraction of sp³-hybridized carbons (Fsp3) is 0.500. The van der Waals surface area contributed by atoms with Crippen molar-refractivity contribution in [3.8, 4) is 0 Å². The summed E-state index contributed by atoms with van der Waals surface area (Å²) in [4.78, 5) is 0. The second kappa shape index (κ2) is 5.62. The van der Waals surface area contributed by atoms with E-state index in [1.807, 2.05) is 30.3 Å². The van der Waals surface area contributed by atoms with E-state index in [-0.39, 0.29) is 12.3 Å². The minimum Gasteiger partial charge on any atom is -0.329 e. The Morgan fingerprint density at radius 2 is 1.82 bits per heavy atom. The molecule has 0 fully saturated rings. The number of benzene rings is 1. The van der Waals surface area contributed by atoms with Gasteiger partial charge in [-0.2, -0.15) is 0 Å². The van der Waals surface area contributed by atoms with Gasteiger partial charge in [-0.3, -0.25) is 0 Å². The van der Waals surface area contributed by atoms with Crippen molar-refractivity contribution in [3.63, 3.8) is 0 Å². The first-order valence-electron chi connectivity index (χ1n) is 5.60. The maximum absolute atomic E-state index is 11.8. The van der Waals surface area contributed by atoms with Crippen LogP contribution in [0.25, 0.3) is 0 Å².